The fourth-order valence-corrected chi connectivity index (χ4v) is 2.71. The molecule has 3 rings (SSSR count). The number of hydrogen-bond donors (Lipinski definition) is 1. The summed E-state index contributed by atoms with van der Waals surface area (Å²) in [5.74, 6) is -0.287. The first-order valence-corrected chi connectivity index (χ1v) is 6.80. The number of aliphatic carboxylic acids is 1. The van der Waals surface area contributed by atoms with E-state index in [1.165, 1.54) is 0 Å². The van der Waals surface area contributed by atoms with Crippen LogP contribution in [0.15, 0.2) is 30.3 Å². The Balaban J connectivity index is 2.00. The molecule has 1 aromatic carbocycles. The molecule has 1 atom stereocenters. The predicted octanol–water partition coefficient (Wildman–Crippen LogP) is 2.64. The van der Waals surface area contributed by atoms with E-state index in [1.807, 2.05) is 37.3 Å². The molecule has 0 amide bonds. The number of nitrogens with zero attached hydrogens (tertiary/aromatic N) is 2. The van der Waals surface area contributed by atoms with Crippen LogP contribution >= 0.6 is 0 Å². The number of benzene rings is 1. The van der Waals surface area contributed by atoms with Crippen molar-refractivity contribution in [3.63, 3.8) is 0 Å². The summed E-state index contributed by atoms with van der Waals surface area (Å²) in [6, 6.07) is 9.88. The zero-order valence-electron chi connectivity index (χ0n) is 11.3. The average molecular weight is 268 g/mol. The van der Waals surface area contributed by atoms with Crippen LogP contribution in [0.2, 0.25) is 0 Å². The van der Waals surface area contributed by atoms with Crippen molar-refractivity contribution in [2.24, 2.45) is 5.92 Å². The number of aromatic nitrogens is 2. The van der Waals surface area contributed by atoms with Crippen LogP contribution in [0.25, 0.3) is 11.4 Å². The lowest BCUT2D eigenvalue weighted by molar-refractivity contribution is -0.142. The molecule has 1 aromatic heterocycles. The van der Waals surface area contributed by atoms with Gasteiger partial charge in [-0.3, -0.25) is 4.79 Å². The van der Waals surface area contributed by atoms with Gasteiger partial charge >= 0.3 is 5.97 Å². The van der Waals surface area contributed by atoms with E-state index in [-0.39, 0.29) is 5.92 Å². The average Bonchev–Trinajstić information content (AvgIpc) is 2.47. The zero-order chi connectivity index (χ0) is 14.1. The lowest BCUT2D eigenvalue weighted by Gasteiger charge is -2.22. The molecule has 20 heavy (non-hydrogen) atoms. The maximum Gasteiger partial charge on any atom is 0.306 e. The Morgan fingerprint density at radius 2 is 2.00 bits per heavy atom. The summed E-state index contributed by atoms with van der Waals surface area (Å²) in [5.41, 5.74) is 3.93. The Labute approximate surface area is 117 Å². The number of fused-ring (bicyclic) bond motifs is 1. The van der Waals surface area contributed by atoms with Crippen LogP contribution in [0.1, 0.15) is 23.4 Å². The first kappa shape index (κ1) is 12.8. The molecule has 1 aliphatic carbocycles. The third kappa shape index (κ3) is 2.29. The number of rotatable bonds is 2. The summed E-state index contributed by atoms with van der Waals surface area (Å²) in [4.78, 5) is 20.3. The second-order valence-electron chi connectivity index (χ2n) is 5.20. The molecule has 1 N–H and O–H groups in total. The van der Waals surface area contributed by atoms with Crippen LogP contribution in [0.3, 0.4) is 0 Å². The van der Waals surface area contributed by atoms with Gasteiger partial charge in [0, 0.05) is 17.0 Å². The van der Waals surface area contributed by atoms with Gasteiger partial charge in [-0.2, -0.15) is 0 Å². The Kier molecular flexibility index (Phi) is 3.22. The fourth-order valence-electron chi connectivity index (χ4n) is 2.71. The van der Waals surface area contributed by atoms with Crippen molar-refractivity contribution < 1.29 is 9.90 Å². The molecule has 4 nitrogen and oxygen atoms in total. The van der Waals surface area contributed by atoms with E-state index >= 15 is 0 Å². The number of carbonyl (C=O) groups is 1. The van der Waals surface area contributed by atoms with E-state index in [1.54, 1.807) is 0 Å². The summed E-state index contributed by atoms with van der Waals surface area (Å²) in [5, 5.41) is 9.15. The molecule has 1 aliphatic rings. The monoisotopic (exact) mass is 268 g/mol. The molecule has 4 heteroatoms. The molecule has 1 unspecified atom stereocenters. The van der Waals surface area contributed by atoms with Crippen molar-refractivity contribution in [2.75, 3.05) is 0 Å². The smallest absolute Gasteiger partial charge is 0.306 e. The second kappa shape index (κ2) is 5.04. The highest BCUT2D eigenvalue weighted by molar-refractivity contribution is 5.71. The van der Waals surface area contributed by atoms with E-state index in [0.717, 1.165) is 34.8 Å². The summed E-state index contributed by atoms with van der Waals surface area (Å²) in [6.45, 7) is 1.94. The number of aryl methyl sites for hydroxylation is 2. The van der Waals surface area contributed by atoms with Gasteiger partial charge in [0.1, 0.15) is 0 Å². The molecule has 0 saturated carbocycles. The molecule has 2 aromatic rings. The third-order valence-corrected chi connectivity index (χ3v) is 3.86. The fraction of sp³-hybridized carbons (Fsp3) is 0.312. The van der Waals surface area contributed by atoms with Crippen LogP contribution in [-0.2, 0) is 17.6 Å². The summed E-state index contributed by atoms with van der Waals surface area (Å²) in [6.07, 6.45) is 1.92. The van der Waals surface area contributed by atoms with Gasteiger partial charge in [-0.05, 0) is 31.7 Å². The Morgan fingerprint density at radius 3 is 2.70 bits per heavy atom. The predicted molar refractivity (Wildman–Crippen MR) is 75.4 cm³/mol. The maximum absolute atomic E-state index is 11.1. The lowest BCUT2D eigenvalue weighted by Crippen LogP contribution is -2.24. The highest BCUT2D eigenvalue weighted by Crippen LogP contribution is 2.28. The minimum atomic E-state index is -0.720. The molecule has 0 spiro atoms. The van der Waals surface area contributed by atoms with Gasteiger partial charge in [-0.25, -0.2) is 9.97 Å². The van der Waals surface area contributed by atoms with Crippen molar-refractivity contribution >= 4 is 5.97 Å². The molecule has 102 valence electrons. The lowest BCUT2D eigenvalue weighted by atomic mass is 9.86. The number of carboxylic acids is 1. The van der Waals surface area contributed by atoms with E-state index in [9.17, 15) is 4.79 Å². The van der Waals surface area contributed by atoms with Gasteiger partial charge in [-0.1, -0.05) is 30.3 Å². The van der Waals surface area contributed by atoms with Gasteiger partial charge in [-0.15, -0.1) is 0 Å². The van der Waals surface area contributed by atoms with E-state index < -0.39 is 5.97 Å². The molecule has 1 heterocycles. The van der Waals surface area contributed by atoms with Crippen molar-refractivity contribution in [2.45, 2.75) is 26.2 Å². The minimum Gasteiger partial charge on any atom is -0.481 e. The summed E-state index contributed by atoms with van der Waals surface area (Å²) in [7, 11) is 0. The highest BCUT2D eigenvalue weighted by atomic mass is 16.4. The topological polar surface area (TPSA) is 63.1 Å². The second-order valence-corrected chi connectivity index (χ2v) is 5.20. The Hall–Kier alpha value is -2.23. The quantitative estimate of drug-likeness (QED) is 0.909. The molecule has 0 bridgehead atoms. The van der Waals surface area contributed by atoms with Crippen LogP contribution in [0, 0.1) is 12.8 Å². The maximum atomic E-state index is 11.1. The first-order chi connectivity index (χ1) is 9.65. The van der Waals surface area contributed by atoms with Crippen LogP contribution in [0.5, 0.6) is 0 Å². The van der Waals surface area contributed by atoms with Crippen LogP contribution in [0.4, 0.5) is 0 Å². The van der Waals surface area contributed by atoms with Crippen molar-refractivity contribution in [3.05, 3.63) is 47.3 Å². The number of hydrogen-bond acceptors (Lipinski definition) is 3. The Bertz CT molecular complexity index is 653. The Morgan fingerprint density at radius 1 is 1.25 bits per heavy atom. The largest absolute Gasteiger partial charge is 0.481 e. The highest BCUT2D eigenvalue weighted by Gasteiger charge is 2.27. The first-order valence-electron chi connectivity index (χ1n) is 6.80. The van der Waals surface area contributed by atoms with Gasteiger partial charge in [0.2, 0.25) is 0 Å². The van der Waals surface area contributed by atoms with Crippen molar-refractivity contribution in [1.82, 2.24) is 9.97 Å². The standard InChI is InChI=1S/C16H16N2O2/c1-10-13-9-12(16(19)20)7-8-14(13)18-15(17-10)11-5-3-2-4-6-11/h2-6,12H,7-9H2,1H3,(H,19,20). The van der Waals surface area contributed by atoms with Crippen molar-refractivity contribution in [1.29, 1.82) is 0 Å². The zero-order valence-corrected chi connectivity index (χ0v) is 11.3. The van der Waals surface area contributed by atoms with E-state index in [4.69, 9.17) is 5.11 Å². The summed E-state index contributed by atoms with van der Waals surface area (Å²) < 4.78 is 0. The number of carboxylic acid groups (broad SMARTS) is 1. The molecular weight excluding hydrogens is 252 g/mol. The van der Waals surface area contributed by atoms with Crippen molar-refractivity contribution in [3.8, 4) is 11.4 Å². The SMILES string of the molecule is Cc1nc(-c2ccccc2)nc2c1CC(C(=O)O)CC2. The molecule has 0 saturated heterocycles. The molecular formula is C16H16N2O2. The van der Waals surface area contributed by atoms with E-state index in [2.05, 4.69) is 9.97 Å². The van der Waals surface area contributed by atoms with Crippen LogP contribution in [-0.4, -0.2) is 21.0 Å². The van der Waals surface area contributed by atoms with Gasteiger partial charge in [0.05, 0.1) is 5.92 Å². The van der Waals surface area contributed by atoms with Gasteiger partial charge in [0.25, 0.3) is 0 Å². The molecule has 0 aliphatic heterocycles. The van der Waals surface area contributed by atoms with Gasteiger partial charge < -0.3 is 5.11 Å². The summed E-state index contributed by atoms with van der Waals surface area (Å²) >= 11 is 0. The minimum absolute atomic E-state index is 0.299. The third-order valence-electron chi connectivity index (χ3n) is 3.86. The molecule has 0 radical (unpaired) electrons. The normalized spacial score (nSPS) is 17.6. The van der Waals surface area contributed by atoms with Crippen LogP contribution < -0.4 is 0 Å². The molecule has 0 fully saturated rings. The van der Waals surface area contributed by atoms with E-state index in [0.29, 0.717) is 12.8 Å². The van der Waals surface area contributed by atoms with Gasteiger partial charge in [0.15, 0.2) is 5.82 Å².